The fourth-order valence-corrected chi connectivity index (χ4v) is 2.65. The maximum absolute atomic E-state index is 12.5. The number of hydrogen-bond donors (Lipinski definition) is 1. The standard InChI is InChI=1S/C18H20N2O2S/c1-13(16-19-11-12-23-16)20(4)17(21)15-7-5-14(6-8-15)9-10-18(2,3)22/h5-8,11-13,22H,1-4H3. The Morgan fingerprint density at radius 3 is 2.52 bits per heavy atom. The first kappa shape index (κ1) is 17.2. The van der Waals surface area contributed by atoms with Crippen LogP contribution < -0.4 is 0 Å². The molecule has 0 aliphatic carbocycles. The predicted octanol–water partition coefficient (Wildman–Crippen LogP) is 3.10. The molecule has 0 aliphatic heterocycles. The van der Waals surface area contributed by atoms with Crippen molar-refractivity contribution in [2.24, 2.45) is 0 Å². The van der Waals surface area contributed by atoms with Crippen molar-refractivity contribution in [3.8, 4) is 11.8 Å². The maximum atomic E-state index is 12.5. The monoisotopic (exact) mass is 328 g/mol. The molecule has 0 saturated carbocycles. The van der Waals surface area contributed by atoms with Gasteiger partial charge in [-0.05, 0) is 45.0 Å². The minimum absolute atomic E-state index is 0.0605. The van der Waals surface area contributed by atoms with E-state index >= 15 is 0 Å². The zero-order chi connectivity index (χ0) is 17.0. The third-order valence-corrected chi connectivity index (χ3v) is 4.30. The van der Waals surface area contributed by atoms with Crippen LogP contribution in [0, 0.1) is 11.8 Å². The lowest BCUT2D eigenvalue weighted by atomic mass is 10.1. The highest BCUT2D eigenvalue weighted by molar-refractivity contribution is 7.09. The van der Waals surface area contributed by atoms with Gasteiger partial charge >= 0.3 is 0 Å². The fourth-order valence-electron chi connectivity index (χ4n) is 1.91. The second-order valence-electron chi connectivity index (χ2n) is 5.85. The molecule has 1 aromatic heterocycles. The molecule has 1 unspecified atom stereocenters. The van der Waals surface area contributed by atoms with Crippen LogP contribution in [-0.4, -0.2) is 33.5 Å². The van der Waals surface area contributed by atoms with Gasteiger partial charge in [-0.2, -0.15) is 0 Å². The highest BCUT2D eigenvalue weighted by atomic mass is 32.1. The SMILES string of the molecule is CC(c1nccs1)N(C)C(=O)c1ccc(C#CC(C)(C)O)cc1. The molecular weight excluding hydrogens is 308 g/mol. The molecule has 5 heteroatoms. The van der Waals surface area contributed by atoms with Crippen LogP contribution in [0.4, 0.5) is 0 Å². The van der Waals surface area contributed by atoms with E-state index < -0.39 is 5.60 Å². The van der Waals surface area contributed by atoms with Gasteiger partial charge in [-0.15, -0.1) is 11.3 Å². The molecule has 1 heterocycles. The summed E-state index contributed by atoms with van der Waals surface area (Å²) in [6.07, 6.45) is 1.74. The third kappa shape index (κ3) is 4.65. The van der Waals surface area contributed by atoms with Crippen LogP contribution in [0.1, 0.15) is 47.7 Å². The van der Waals surface area contributed by atoms with Crippen molar-refractivity contribution < 1.29 is 9.90 Å². The summed E-state index contributed by atoms with van der Waals surface area (Å²) in [6.45, 7) is 5.22. The Balaban J connectivity index is 2.12. The summed E-state index contributed by atoms with van der Waals surface area (Å²) in [6, 6.07) is 7.00. The number of nitrogens with zero attached hydrogens (tertiary/aromatic N) is 2. The van der Waals surface area contributed by atoms with Gasteiger partial charge in [-0.1, -0.05) is 11.8 Å². The maximum Gasteiger partial charge on any atom is 0.254 e. The number of amides is 1. The lowest BCUT2D eigenvalue weighted by Gasteiger charge is -2.23. The van der Waals surface area contributed by atoms with E-state index in [1.807, 2.05) is 12.3 Å². The average molecular weight is 328 g/mol. The molecule has 4 nitrogen and oxygen atoms in total. The summed E-state index contributed by atoms with van der Waals surface area (Å²) in [7, 11) is 1.77. The van der Waals surface area contributed by atoms with Crippen LogP contribution in [0.5, 0.6) is 0 Å². The molecule has 1 amide bonds. The summed E-state index contributed by atoms with van der Waals surface area (Å²) in [5, 5.41) is 12.4. The average Bonchev–Trinajstić information content (AvgIpc) is 3.05. The molecule has 2 aromatic rings. The lowest BCUT2D eigenvalue weighted by Crippen LogP contribution is -2.29. The first-order chi connectivity index (χ1) is 10.8. The van der Waals surface area contributed by atoms with Crippen molar-refractivity contribution >= 4 is 17.2 Å². The summed E-state index contributed by atoms with van der Waals surface area (Å²) in [5.74, 6) is 5.58. The number of rotatable bonds is 3. The van der Waals surface area contributed by atoms with Gasteiger partial charge in [0.1, 0.15) is 10.6 Å². The fraction of sp³-hybridized carbons (Fsp3) is 0.333. The quantitative estimate of drug-likeness (QED) is 0.881. The van der Waals surface area contributed by atoms with Gasteiger partial charge in [0.05, 0.1) is 6.04 Å². The minimum atomic E-state index is -1.03. The molecule has 0 saturated heterocycles. The molecule has 2 rings (SSSR count). The second-order valence-corrected chi connectivity index (χ2v) is 6.77. The van der Waals surface area contributed by atoms with Gasteiger partial charge < -0.3 is 10.0 Å². The van der Waals surface area contributed by atoms with E-state index in [4.69, 9.17) is 0 Å². The van der Waals surface area contributed by atoms with Crippen LogP contribution in [-0.2, 0) is 0 Å². The number of hydrogen-bond acceptors (Lipinski definition) is 4. The van der Waals surface area contributed by atoms with Crippen LogP contribution in [0.15, 0.2) is 35.8 Å². The number of benzene rings is 1. The van der Waals surface area contributed by atoms with E-state index in [2.05, 4.69) is 16.8 Å². The van der Waals surface area contributed by atoms with Crippen molar-refractivity contribution in [1.82, 2.24) is 9.88 Å². The third-order valence-electron chi connectivity index (χ3n) is 3.35. The Kier molecular flexibility index (Phi) is 5.19. The van der Waals surface area contributed by atoms with Crippen LogP contribution >= 0.6 is 11.3 Å². The number of thiazole rings is 1. The van der Waals surface area contributed by atoms with E-state index in [0.29, 0.717) is 5.56 Å². The van der Waals surface area contributed by atoms with E-state index in [1.165, 1.54) is 11.3 Å². The molecular formula is C18H20N2O2S. The topological polar surface area (TPSA) is 53.4 Å². The van der Waals surface area contributed by atoms with Crippen molar-refractivity contribution in [3.63, 3.8) is 0 Å². The molecule has 0 fully saturated rings. The molecule has 0 bridgehead atoms. The normalized spacial score (nSPS) is 12.2. The minimum Gasteiger partial charge on any atom is -0.378 e. The molecule has 23 heavy (non-hydrogen) atoms. The Morgan fingerprint density at radius 1 is 1.35 bits per heavy atom. The largest absolute Gasteiger partial charge is 0.378 e. The lowest BCUT2D eigenvalue weighted by molar-refractivity contribution is 0.0742. The van der Waals surface area contributed by atoms with Crippen LogP contribution in [0.25, 0.3) is 0 Å². The summed E-state index contributed by atoms with van der Waals surface area (Å²) in [5.41, 5.74) is 0.335. The number of carbonyl (C=O) groups is 1. The highest BCUT2D eigenvalue weighted by Crippen LogP contribution is 2.22. The van der Waals surface area contributed by atoms with E-state index in [1.54, 1.807) is 56.3 Å². The number of aliphatic hydroxyl groups is 1. The van der Waals surface area contributed by atoms with E-state index in [0.717, 1.165) is 10.6 Å². The zero-order valence-electron chi connectivity index (χ0n) is 13.7. The Morgan fingerprint density at radius 2 is 2.00 bits per heavy atom. The van der Waals surface area contributed by atoms with Gasteiger partial charge in [-0.25, -0.2) is 4.98 Å². The van der Waals surface area contributed by atoms with Gasteiger partial charge in [0, 0.05) is 29.8 Å². The van der Waals surface area contributed by atoms with E-state index in [-0.39, 0.29) is 11.9 Å². The van der Waals surface area contributed by atoms with Crippen LogP contribution in [0.2, 0.25) is 0 Å². The van der Waals surface area contributed by atoms with Crippen molar-refractivity contribution in [2.45, 2.75) is 32.4 Å². The molecule has 1 aromatic carbocycles. The predicted molar refractivity (Wildman–Crippen MR) is 92.2 cm³/mol. The number of aromatic nitrogens is 1. The molecule has 0 radical (unpaired) electrons. The Bertz CT molecular complexity index is 719. The van der Waals surface area contributed by atoms with Crippen molar-refractivity contribution in [3.05, 3.63) is 52.0 Å². The van der Waals surface area contributed by atoms with Crippen LogP contribution in [0.3, 0.4) is 0 Å². The molecule has 1 N–H and O–H groups in total. The highest BCUT2D eigenvalue weighted by Gasteiger charge is 2.20. The van der Waals surface area contributed by atoms with E-state index in [9.17, 15) is 9.90 Å². The molecule has 1 atom stereocenters. The zero-order valence-corrected chi connectivity index (χ0v) is 14.5. The first-order valence-corrected chi connectivity index (χ1v) is 8.18. The van der Waals surface area contributed by atoms with Crippen molar-refractivity contribution in [2.75, 3.05) is 7.05 Å². The smallest absolute Gasteiger partial charge is 0.254 e. The Hall–Kier alpha value is -2.16. The van der Waals surface area contributed by atoms with Gasteiger partial charge in [0.2, 0.25) is 0 Å². The molecule has 0 aliphatic rings. The Labute approximate surface area is 140 Å². The van der Waals surface area contributed by atoms with Gasteiger partial charge in [0.15, 0.2) is 0 Å². The van der Waals surface area contributed by atoms with Gasteiger partial charge in [-0.3, -0.25) is 4.79 Å². The molecule has 120 valence electrons. The number of carbonyl (C=O) groups excluding carboxylic acids is 1. The van der Waals surface area contributed by atoms with Gasteiger partial charge in [0.25, 0.3) is 5.91 Å². The summed E-state index contributed by atoms with van der Waals surface area (Å²) in [4.78, 5) is 18.5. The van der Waals surface area contributed by atoms with Crippen molar-refractivity contribution in [1.29, 1.82) is 0 Å². The summed E-state index contributed by atoms with van der Waals surface area (Å²) < 4.78 is 0. The first-order valence-electron chi connectivity index (χ1n) is 7.30. The molecule has 0 spiro atoms. The summed E-state index contributed by atoms with van der Waals surface area (Å²) >= 11 is 1.54. The second kappa shape index (κ2) is 6.95.